The zero-order chi connectivity index (χ0) is 10.1. The highest BCUT2D eigenvalue weighted by atomic mass is 35.5. The van der Waals surface area contributed by atoms with Gasteiger partial charge >= 0.3 is 0 Å². The lowest BCUT2D eigenvalue weighted by Crippen LogP contribution is -2.03. The van der Waals surface area contributed by atoms with Crippen molar-refractivity contribution in [2.75, 3.05) is 7.05 Å². The van der Waals surface area contributed by atoms with Crippen LogP contribution in [0.3, 0.4) is 0 Å². The summed E-state index contributed by atoms with van der Waals surface area (Å²) in [6, 6.07) is 3.86. The van der Waals surface area contributed by atoms with Crippen LogP contribution in [0, 0.1) is 6.92 Å². The minimum Gasteiger partial charge on any atom is -0.464 e. The molecule has 1 heterocycles. The van der Waals surface area contributed by atoms with Crippen LogP contribution in [0.4, 0.5) is 0 Å². The third-order valence-corrected chi connectivity index (χ3v) is 2.49. The molecule has 14 heavy (non-hydrogen) atoms. The Morgan fingerprint density at radius 1 is 1.43 bits per heavy atom. The van der Waals surface area contributed by atoms with Crippen molar-refractivity contribution in [2.24, 2.45) is 0 Å². The molecule has 3 heteroatoms. The predicted molar refractivity (Wildman–Crippen MR) is 58.7 cm³/mol. The van der Waals surface area contributed by atoms with Gasteiger partial charge < -0.3 is 9.73 Å². The molecule has 0 saturated heterocycles. The molecule has 0 aliphatic rings. The topological polar surface area (TPSA) is 25.2 Å². The number of halogens is 1. The summed E-state index contributed by atoms with van der Waals surface area (Å²) in [4.78, 5) is 0. The van der Waals surface area contributed by atoms with E-state index in [1.54, 1.807) is 6.26 Å². The highest BCUT2D eigenvalue weighted by molar-refractivity contribution is 6.31. The predicted octanol–water partition coefficient (Wildman–Crippen LogP) is 3.11. The Kier molecular flexibility index (Phi) is 2.48. The molecule has 0 spiro atoms. The number of aryl methyl sites for hydroxylation is 1. The second-order valence-corrected chi connectivity index (χ2v) is 3.83. The summed E-state index contributed by atoms with van der Waals surface area (Å²) < 4.78 is 5.49. The summed E-state index contributed by atoms with van der Waals surface area (Å²) in [5.41, 5.74) is 3.16. The number of furan rings is 1. The highest BCUT2D eigenvalue weighted by Gasteiger charge is 2.08. The summed E-state index contributed by atoms with van der Waals surface area (Å²) in [5, 5.41) is 4.96. The lowest BCUT2D eigenvalue weighted by molar-refractivity contribution is 0.605. The van der Waals surface area contributed by atoms with Crippen LogP contribution in [0.2, 0.25) is 5.02 Å². The lowest BCUT2D eigenvalue weighted by atomic mass is 10.1. The van der Waals surface area contributed by atoms with Crippen LogP contribution in [-0.2, 0) is 6.54 Å². The smallest absolute Gasteiger partial charge is 0.137 e. The molecule has 1 aromatic heterocycles. The minimum atomic E-state index is 0.758. The number of hydrogen-bond acceptors (Lipinski definition) is 2. The zero-order valence-corrected chi connectivity index (χ0v) is 8.98. The maximum Gasteiger partial charge on any atom is 0.137 e. The van der Waals surface area contributed by atoms with Crippen molar-refractivity contribution < 1.29 is 4.42 Å². The van der Waals surface area contributed by atoms with Crippen molar-refractivity contribution in [1.82, 2.24) is 5.32 Å². The first-order valence-electron chi connectivity index (χ1n) is 4.53. The molecule has 2 nitrogen and oxygen atoms in total. The third-order valence-electron chi connectivity index (χ3n) is 2.27. The van der Waals surface area contributed by atoms with E-state index in [4.69, 9.17) is 16.0 Å². The van der Waals surface area contributed by atoms with Crippen molar-refractivity contribution in [3.05, 3.63) is 34.5 Å². The number of rotatable bonds is 2. The molecular formula is C11H12ClNO. The van der Waals surface area contributed by atoms with Crippen LogP contribution in [-0.4, -0.2) is 7.05 Å². The van der Waals surface area contributed by atoms with Crippen LogP contribution < -0.4 is 5.32 Å². The number of hydrogen-bond donors (Lipinski definition) is 1. The third kappa shape index (κ3) is 1.51. The maximum atomic E-state index is 5.99. The Balaban J connectivity index is 2.66. The van der Waals surface area contributed by atoms with Gasteiger partial charge in [-0.15, -0.1) is 0 Å². The first-order valence-corrected chi connectivity index (χ1v) is 4.91. The van der Waals surface area contributed by atoms with Crippen LogP contribution in [0.25, 0.3) is 11.0 Å². The standard InChI is InChI=1S/C11H12ClNO/c1-7-3-9(12)4-10-8(5-13-2)6-14-11(7)10/h3-4,6,13H,5H2,1-2H3. The SMILES string of the molecule is CNCc1coc2c(C)cc(Cl)cc12. The van der Waals surface area contributed by atoms with E-state index in [0.29, 0.717) is 0 Å². The number of benzene rings is 1. The monoisotopic (exact) mass is 209 g/mol. The van der Waals surface area contributed by atoms with Gasteiger partial charge in [-0.3, -0.25) is 0 Å². The van der Waals surface area contributed by atoms with Gasteiger partial charge in [-0.1, -0.05) is 11.6 Å². The molecule has 0 aliphatic heterocycles. The van der Waals surface area contributed by atoms with Gasteiger partial charge in [-0.2, -0.15) is 0 Å². The maximum absolute atomic E-state index is 5.99. The van der Waals surface area contributed by atoms with E-state index < -0.39 is 0 Å². The molecular weight excluding hydrogens is 198 g/mol. The molecule has 0 unspecified atom stereocenters. The number of nitrogens with one attached hydrogen (secondary N) is 1. The van der Waals surface area contributed by atoms with Gasteiger partial charge in [0, 0.05) is 22.5 Å². The summed E-state index contributed by atoms with van der Waals surface area (Å²) in [5.74, 6) is 0. The largest absolute Gasteiger partial charge is 0.464 e. The molecule has 1 N–H and O–H groups in total. The highest BCUT2D eigenvalue weighted by Crippen LogP contribution is 2.27. The molecule has 0 aliphatic carbocycles. The van der Waals surface area contributed by atoms with E-state index in [2.05, 4.69) is 5.32 Å². The molecule has 74 valence electrons. The molecule has 0 saturated carbocycles. The molecule has 2 aromatic rings. The van der Waals surface area contributed by atoms with Gasteiger partial charge in [-0.25, -0.2) is 0 Å². The molecule has 0 bridgehead atoms. The summed E-state index contributed by atoms with van der Waals surface area (Å²) in [6.07, 6.45) is 1.78. The Morgan fingerprint density at radius 2 is 2.21 bits per heavy atom. The fourth-order valence-electron chi connectivity index (χ4n) is 1.65. The molecule has 0 atom stereocenters. The van der Waals surface area contributed by atoms with Gasteiger partial charge in [0.2, 0.25) is 0 Å². The first kappa shape index (κ1) is 9.56. The van der Waals surface area contributed by atoms with Crippen molar-refractivity contribution in [2.45, 2.75) is 13.5 Å². The second kappa shape index (κ2) is 3.64. The average molecular weight is 210 g/mol. The summed E-state index contributed by atoms with van der Waals surface area (Å²) in [6.45, 7) is 2.80. The van der Waals surface area contributed by atoms with E-state index in [0.717, 1.165) is 33.7 Å². The molecule has 0 fully saturated rings. The van der Waals surface area contributed by atoms with E-state index in [9.17, 15) is 0 Å². The van der Waals surface area contributed by atoms with Gasteiger partial charge in [-0.05, 0) is 31.7 Å². The zero-order valence-electron chi connectivity index (χ0n) is 8.23. The van der Waals surface area contributed by atoms with Crippen molar-refractivity contribution >= 4 is 22.6 Å². The Labute approximate surface area is 87.9 Å². The second-order valence-electron chi connectivity index (χ2n) is 3.39. The van der Waals surface area contributed by atoms with E-state index in [1.807, 2.05) is 26.1 Å². The lowest BCUT2D eigenvalue weighted by Gasteiger charge is -1.98. The Bertz CT molecular complexity index is 462. The van der Waals surface area contributed by atoms with Crippen molar-refractivity contribution in [1.29, 1.82) is 0 Å². The van der Waals surface area contributed by atoms with Crippen LogP contribution in [0.1, 0.15) is 11.1 Å². The van der Waals surface area contributed by atoms with Gasteiger partial charge in [0.25, 0.3) is 0 Å². The van der Waals surface area contributed by atoms with Crippen molar-refractivity contribution in [3.8, 4) is 0 Å². The average Bonchev–Trinajstić information content (AvgIpc) is 2.49. The van der Waals surface area contributed by atoms with E-state index in [-0.39, 0.29) is 0 Å². The number of fused-ring (bicyclic) bond motifs is 1. The normalized spacial score (nSPS) is 11.1. The Hall–Kier alpha value is -0.990. The van der Waals surface area contributed by atoms with Crippen molar-refractivity contribution in [3.63, 3.8) is 0 Å². The van der Waals surface area contributed by atoms with Gasteiger partial charge in [0.15, 0.2) is 0 Å². The molecule has 0 radical (unpaired) electrons. The Morgan fingerprint density at radius 3 is 2.93 bits per heavy atom. The first-order chi connectivity index (χ1) is 6.72. The van der Waals surface area contributed by atoms with Gasteiger partial charge in [0.05, 0.1) is 6.26 Å². The fraction of sp³-hybridized carbons (Fsp3) is 0.273. The fourth-order valence-corrected chi connectivity index (χ4v) is 1.92. The van der Waals surface area contributed by atoms with Crippen LogP contribution in [0.15, 0.2) is 22.8 Å². The van der Waals surface area contributed by atoms with E-state index in [1.165, 1.54) is 0 Å². The molecule has 0 amide bonds. The van der Waals surface area contributed by atoms with Gasteiger partial charge in [0.1, 0.15) is 5.58 Å². The minimum absolute atomic E-state index is 0.758. The summed E-state index contributed by atoms with van der Waals surface area (Å²) in [7, 11) is 1.91. The van der Waals surface area contributed by atoms with E-state index >= 15 is 0 Å². The van der Waals surface area contributed by atoms with Crippen LogP contribution >= 0.6 is 11.6 Å². The molecule has 1 aromatic carbocycles. The molecule has 2 rings (SSSR count). The van der Waals surface area contributed by atoms with Crippen LogP contribution in [0.5, 0.6) is 0 Å². The summed E-state index contributed by atoms with van der Waals surface area (Å²) >= 11 is 5.99. The quantitative estimate of drug-likeness (QED) is 0.822.